The van der Waals surface area contributed by atoms with Crippen molar-refractivity contribution >= 4 is 17.3 Å². The zero-order chi connectivity index (χ0) is 25.7. The Morgan fingerprint density at radius 2 is 1.61 bits per heavy atom. The first kappa shape index (κ1) is 24.1. The van der Waals surface area contributed by atoms with Gasteiger partial charge in [0.1, 0.15) is 12.4 Å². The molecule has 1 heterocycles. The number of hydrogen-bond donors (Lipinski definition) is 2. The fourth-order valence-electron chi connectivity index (χ4n) is 5.64. The molecule has 1 aliphatic heterocycles. The number of anilines is 2. The molecule has 0 fully saturated rings. The fourth-order valence-corrected chi connectivity index (χ4v) is 5.64. The maximum Gasteiger partial charge on any atom is 0.224 e. The van der Waals surface area contributed by atoms with E-state index < -0.39 is 0 Å². The van der Waals surface area contributed by atoms with Crippen molar-refractivity contribution in [3.05, 3.63) is 138 Å². The highest BCUT2D eigenvalue weighted by atomic mass is 16.5. The van der Waals surface area contributed by atoms with Crippen molar-refractivity contribution < 1.29 is 9.53 Å². The SMILES string of the molecule is O=C(CCc1ccccc1)Nc1ccc2c(c1)C1C=CCC1C(c1ccc(OCc3ccccc3)cc1)N2. The molecule has 3 atom stereocenters. The van der Waals surface area contributed by atoms with Crippen LogP contribution in [0.4, 0.5) is 11.4 Å². The van der Waals surface area contributed by atoms with Crippen LogP contribution in [-0.4, -0.2) is 5.91 Å². The van der Waals surface area contributed by atoms with Crippen LogP contribution in [0.25, 0.3) is 0 Å². The smallest absolute Gasteiger partial charge is 0.224 e. The topological polar surface area (TPSA) is 50.4 Å². The van der Waals surface area contributed by atoms with Crippen LogP contribution < -0.4 is 15.4 Å². The Labute approximate surface area is 224 Å². The lowest BCUT2D eigenvalue weighted by Crippen LogP contribution is -2.29. The fraction of sp³-hybridized carbons (Fsp3) is 0.206. The van der Waals surface area contributed by atoms with Gasteiger partial charge in [-0.15, -0.1) is 0 Å². The molecule has 2 N–H and O–H groups in total. The van der Waals surface area contributed by atoms with Crippen molar-refractivity contribution in [2.75, 3.05) is 10.6 Å². The minimum Gasteiger partial charge on any atom is -0.489 e. The van der Waals surface area contributed by atoms with E-state index in [0.717, 1.165) is 35.5 Å². The van der Waals surface area contributed by atoms with Crippen molar-refractivity contribution in [3.8, 4) is 5.75 Å². The summed E-state index contributed by atoms with van der Waals surface area (Å²) in [6, 6.07) is 35.3. The Morgan fingerprint density at radius 3 is 2.37 bits per heavy atom. The summed E-state index contributed by atoms with van der Waals surface area (Å²) >= 11 is 0. The Balaban J connectivity index is 1.12. The molecular weight excluding hydrogens is 468 g/mol. The normalized spacial score (nSPS) is 19.2. The van der Waals surface area contributed by atoms with E-state index in [4.69, 9.17) is 4.74 Å². The average Bonchev–Trinajstić information content (AvgIpc) is 3.47. The second-order valence-electron chi connectivity index (χ2n) is 10.2. The monoisotopic (exact) mass is 500 g/mol. The van der Waals surface area contributed by atoms with Gasteiger partial charge in [-0.05, 0) is 71.3 Å². The molecule has 2 aliphatic rings. The lowest BCUT2D eigenvalue weighted by atomic mass is 9.77. The van der Waals surface area contributed by atoms with Crippen LogP contribution in [-0.2, 0) is 17.8 Å². The molecular formula is C34H32N2O2. The molecule has 1 aliphatic carbocycles. The summed E-state index contributed by atoms with van der Waals surface area (Å²) in [4.78, 5) is 12.6. The predicted molar refractivity (Wildman–Crippen MR) is 153 cm³/mol. The number of allylic oxidation sites excluding steroid dienone is 2. The van der Waals surface area contributed by atoms with Gasteiger partial charge in [0.2, 0.25) is 5.91 Å². The van der Waals surface area contributed by atoms with Crippen molar-refractivity contribution in [2.45, 2.75) is 37.8 Å². The van der Waals surface area contributed by atoms with Crippen molar-refractivity contribution in [1.82, 2.24) is 0 Å². The van der Waals surface area contributed by atoms with E-state index in [1.807, 2.05) is 42.5 Å². The molecule has 0 bridgehead atoms. The van der Waals surface area contributed by atoms with E-state index in [-0.39, 0.29) is 11.9 Å². The van der Waals surface area contributed by atoms with Gasteiger partial charge in [0.05, 0.1) is 6.04 Å². The largest absolute Gasteiger partial charge is 0.489 e. The minimum atomic E-state index is 0.0449. The number of fused-ring (bicyclic) bond motifs is 3. The zero-order valence-electron chi connectivity index (χ0n) is 21.3. The van der Waals surface area contributed by atoms with Crippen LogP contribution in [0.5, 0.6) is 5.75 Å². The Bertz CT molecular complexity index is 1410. The number of ether oxygens (including phenoxy) is 1. The van der Waals surface area contributed by atoms with Gasteiger partial charge in [-0.2, -0.15) is 0 Å². The summed E-state index contributed by atoms with van der Waals surface area (Å²) in [6.07, 6.45) is 6.86. The van der Waals surface area contributed by atoms with Crippen LogP contribution in [0.15, 0.2) is 115 Å². The molecule has 4 heteroatoms. The molecule has 4 nitrogen and oxygen atoms in total. The molecule has 0 aromatic heterocycles. The van der Waals surface area contributed by atoms with Gasteiger partial charge in [0.15, 0.2) is 0 Å². The van der Waals surface area contributed by atoms with E-state index in [1.54, 1.807) is 0 Å². The second-order valence-corrected chi connectivity index (χ2v) is 10.2. The molecule has 3 unspecified atom stereocenters. The van der Waals surface area contributed by atoms with E-state index in [1.165, 1.54) is 16.7 Å². The molecule has 38 heavy (non-hydrogen) atoms. The molecule has 6 rings (SSSR count). The standard InChI is InChI=1S/C34H32N2O2/c37-33(21-14-24-8-3-1-4-9-24)35-27-17-20-32-31(22-27)29-12-7-13-30(29)34(36-32)26-15-18-28(19-16-26)38-23-25-10-5-2-6-11-25/h1-12,15-20,22,29-30,34,36H,13-14,21,23H2,(H,35,37). The number of nitrogens with one attached hydrogen (secondary N) is 2. The summed E-state index contributed by atoms with van der Waals surface area (Å²) in [5.41, 5.74) is 6.85. The third kappa shape index (κ3) is 5.35. The van der Waals surface area contributed by atoms with Crippen LogP contribution >= 0.6 is 0 Å². The first-order chi connectivity index (χ1) is 18.7. The van der Waals surface area contributed by atoms with Gasteiger partial charge in [-0.25, -0.2) is 0 Å². The maximum atomic E-state index is 12.6. The summed E-state index contributed by atoms with van der Waals surface area (Å²) in [7, 11) is 0. The molecule has 190 valence electrons. The number of benzene rings is 4. The zero-order valence-corrected chi connectivity index (χ0v) is 21.3. The number of aryl methyl sites for hydroxylation is 1. The first-order valence-corrected chi connectivity index (χ1v) is 13.4. The van der Waals surface area contributed by atoms with E-state index >= 15 is 0 Å². The summed E-state index contributed by atoms with van der Waals surface area (Å²) < 4.78 is 6.00. The molecule has 4 aromatic carbocycles. The van der Waals surface area contributed by atoms with Crippen molar-refractivity contribution in [3.63, 3.8) is 0 Å². The van der Waals surface area contributed by atoms with Gasteiger partial charge < -0.3 is 15.4 Å². The van der Waals surface area contributed by atoms with Crippen molar-refractivity contribution in [2.24, 2.45) is 5.92 Å². The molecule has 0 radical (unpaired) electrons. The highest BCUT2D eigenvalue weighted by Gasteiger charge is 2.38. The van der Waals surface area contributed by atoms with Gasteiger partial charge >= 0.3 is 0 Å². The van der Waals surface area contributed by atoms with Gasteiger partial charge in [-0.3, -0.25) is 4.79 Å². The van der Waals surface area contributed by atoms with Crippen LogP contribution in [0.3, 0.4) is 0 Å². The minimum absolute atomic E-state index is 0.0449. The summed E-state index contributed by atoms with van der Waals surface area (Å²) in [5, 5.41) is 6.91. The van der Waals surface area contributed by atoms with E-state index in [9.17, 15) is 4.79 Å². The number of amides is 1. The number of carbonyl (C=O) groups is 1. The molecule has 0 saturated heterocycles. The highest BCUT2D eigenvalue weighted by molar-refractivity contribution is 5.91. The summed E-state index contributed by atoms with van der Waals surface area (Å²) in [6.45, 7) is 0.564. The lowest BCUT2D eigenvalue weighted by molar-refractivity contribution is -0.116. The van der Waals surface area contributed by atoms with Gasteiger partial charge in [-0.1, -0.05) is 84.9 Å². The molecule has 4 aromatic rings. The molecule has 0 spiro atoms. The predicted octanol–water partition coefficient (Wildman–Crippen LogP) is 7.66. The first-order valence-electron chi connectivity index (χ1n) is 13.4. The molecule has 1 amide bonds. The number of carbonyl (C=O) groups excluding carboxylic acids is 1. The Morgan fingerprint density at radius 1 is 0.868 bits per heavy atom. The van der Waals surface area contributed by atoms with E-state index in [0.29, 0.717) is 24.9 Å². The van der Waals surface area contributed by atoms with Crippen LogP contribution in [0.1, 0.15) is 47.1 Å². The average molecular weight is 501 g/mol. The van der Waals surface area contributed by atoms with Crippen molar-refractivity contribution in [1.29, 1.82) is 0 Å². The third-order valence-corrected chi connectivity index (χ3v) is 7.62. The Kier molecular flexibility index (Phi) is 6.95. The van der Waals surface area contributed by atoms with E-state index in [2.05, 4.69) is 83.4 Å². The Hall–Kier alpha value is -4.31. The van der Waals surface area contributed by atoms with Gasteiger partial charge in [0, 0.05) is 23.7 Å². The third-order valence-electron chi connectivity index (χ3n) is 7.62. The quantitative estimate of drug-likeness (QED) is 0.244. The van der Waals surface area contributed by atoms with Gasteiger partial charge in [0.25, 0.3) is 0 Å². The second kappa shape index (κ2) is 11.0. The number of rotatable bonds is 8. The summed E-state index contributed by atoms with van der Waals surface area (Å²) in [5.74, 6) is 1.68. The number of hydrogen-bond acceptors (Lipinski definition) is 3. The van der Waals surface area contributed by atoms with Crippen LogP contribution in [0.2, 0.25) is 0 Å². The maximum absolute atomic E-state index is 12.6. The molecule has 0 saturated carbocycles. The lowest BCUT2D eigenvalue weighted by Gasteiger charge is -2.37. The highest BCUT2D eigenvalue weighted by Crippen LogP contribution is 2.50. The van der Waals surface area contributed by atoms with Crippen LogP contribution in [0, 0.1) is 5.92 Å².